The Morgan fingerprint density at radius 3 is 3.00 bits per heavy atom. The molecule has 0 aromatic carbocycles. The molecule has 1 saturated carbocycles. The lowest BCUT2D eigenvalue weighted by Gasteiger charge is -2.13. The van der Waals surface area contributed by atoms with E-state index in [1.165, 1.54) is 12.8 Å². The molecule has 1 unspecified atom stereocenters. The highest BCUT2D eigenvalue weighted by Gasteiger charge is 2.30. The van der Waals surface area contributed by atoms with Gasteiger partial charge in [-0.3, -0.25) is 9.58 Å². The van der Waals surface area contributed by atoms with Crippen LogP contribution in [0.1, 0.15) is 43.0 Å². The maximum atomic E-state index is 5.71. The van der Waals surface area contributed by atoms with Crippen LogP contribution in [0.3, 0.4) is 0 Å². The highest BCUT2D eigenvalue weighted by Crippen LogP contribution is 2.39. The molecule has 1 saturated heterocycles. The molecule has 0 bridgehead atoms. The van der Waals surface area contributed by atoms with Crippen LogP contribution >= 0.6 is 0 Å². The van der Waals surface area contributed by atoms with Crippen molar-refractivity contribution >= 4 is 0 Å². The summed E-state index contributed by atoms with van der Waals surface area (Å²) in [7, 11) is 0. The van der Waals surface area contributed by atoms with Gasteiger partial charge in [0, 0.05) is 31.4 Å². The van der Waals surface area contributed by atoms with E-state index in [-0.39, 0.29) is 0 Å². The van der Waals surface area contributed by atoms with Gasteiger partial charge in [-0.25, -0.2) is 0 Å². The molecule has 1 aliphatic heterocycles. The molecule has 1 aliphatic carbocycles. The Labute approximate surface area is 111 Å². The second-order valence-electron chi connectivity index (χ2n) is 5.47. The Kier molecular flexibility index (Phi) is 2.61. The zero-order valence-electron chi connectivity index (χ0n) is 10.8. The SMILES string of the molecule is c1cnn(C2CCN(Cc3nnc(C4CC4)o3)C2)c1. The van der Waals surface area contributed by atoms with E-state index in [1.54, 1.807) is 0 Å². The van der Waals surface area contributed by atoms with Gasteiger partial charge < -0.3 is 4.42 Å². The van der Waals surface area contributed by atoms with Gasteiger partial charge in [-0.1, -0.05) is 0 Å². The number of aromatic nitrogens is 4. The minimum absolute atomic E-state index is 0.473. The third kappa shape index (κ3) is 2.28. The molecule has 2 fully saturated rings. The fourth-order valence-corrected chi connectivity index (χ4v) is 2.69. The standard InChI is InChI=1S/C13H17N5O/c1-5-14-18(6-1)11-4-7-17(8-11)9-12-15-16-13(19-12)10-2-3-10/h1,5-6,10-11H,2-4,7-9H2. The van der Waals surface area contributed by atoms with E-state index < -0.39 is 0 Å². The molecule has 4 rings (SSSR count). The average Bonchev–Trinajstić information content (AvgIpc) is 2.90. The summed E-state index contributed by atoms with van der Waals surface area (Å²) in [5, 5.41) is 12.6. The van der Waals surface area contributed by atoms with Crippen molar-refractivity contribution in [2.45, 2.75) is 37.8 Å². The van der Waals surface area contributed by atoms with Crippen molar-refractivity contribution in [1.29, 1.82) is 0 Å². The van der Waals surface area contributed by atoms with E-state index in [0.29, 0.717) is 12.0 Å². The molecule has 0 amide bonds. The van der Waals surface area contributed by atoms with Gasteiger partial charge in [-0.2, -0.15) is 5.10 Å². The average molecular weight is 259 g/mol. The lowest BCUT2D eigenvalue weighted by atomic mass is 10.3. The van der Waals surface area contributed by atoms with Crippen LogP contribution in [0.4, 0.5) is 0 Å². The maximum Gasteiger partial charge on any atom is 0.230 e. The molecule has 2 aliphatic rings. The predicted molar refractivity (Wildman–Crippen MR) is 67.4 cm³/mol. The van der Waals surface area contributed by atoms with E-state index in [0.717, 1.165) is 37.8 Å². The fraction of sp³-hybridized carbons (Fsp3) is 0.615. The zero-order valence-corrected chi connectivity index (χ0v) is 10.8. The first-order chi connectivity index (χ1) is 9.38. The summed E-state index contributed by atoms with van der Waals surface area (Å²) >= 11 is 0. The van der Waals surface area contributed by atoms with Crippen molar-refractivity contribution < 1.29 is 4.42 Å². The van der Waals surface area contributed by atoms with Gasteiger partial charge in [-0.15, -0.1) is 10.2 Å². The van der Waals surface area contributed by atoms with Crippen molar-refractivity contribution in [3.05, 3.63) is 30.2 Å². The molecule has 1 atom stereocenters. The maximum absolute atomic E-state index is 5.71. The Bertz CT molecular complexity index is 545. The molecule has 0 N–H and O–H groups in total. The Hall–Kier alpha value is -1.69. The van der Waals surface area contributed by atoms with Gasteiger partial charge in [0.1, 0.15) is 0 Å². The second kappa shape index (κ2) is 4.45. The van der Waals surface area contributed by atoms with E-state index >= 15 is 0 Å². The highest BCUT2D eigenvalue weighted by atomic mass is 16.4. The number of hydrogen-bond acceptors (Lipinski definition) is 5. The molecule has 6 nitrogen and oxygen atoms in total. The van der Waals surface area contributed by atoms with Crippen molar-refractivity contribution in [1.82, 2.24) is 24.9 Å². The van der Waals surface area contributed by atoms with Gasteiger partial charge in [0.05, 0.1) is 12.6 Å². The molecule has 0 radical (unpaired) electrons. The zero-order chi connectivity index (χ0) is 12.7. The lowest BCUT2D eigenvalue weighted by Crippen LogP contribution is -2.21. The van der Waals surface area contributed by atoms with Crippen molar-refractivity contribution in [3.8, 4) is 0 Å². The summed E-state index contributed by atoms with van der Waals surface area (Å²) in [6.07, 6.45) is 7.40. The lowest BCUT2D eigenvalue weighted by molar-refractivity contribution is 0.274. The number of nitrogens with zero attached hydrogens (tertiary/aromatic N) is 5. The largest absolute Gasteiger partial charge is 0.424 e. The first-order valence-electron chi connectivity index (χ1n) is 6.92. The molecule has 3 heterocycles. The van der Waals surface area contributed by atoms with E-state index in [2.05, 4.69) is 20.2 Å². The van der Waals surface area contributed by atoms with E-state index in [4.69, 9.17) is 4.42 Å². The topological polar surface area (TPSA) is 60.0 Å². The third-order valence-electron chi connectivity index (χ3n) is 3.91. The fourth-order valence-electron chi connectivity index (χ4n) is 2.69. The summed E-state index contributed by atoms with van der Waals surface area (Å²) < 4.78 is 7.75. The van der Waals surface area contributed by atoms with E-state index in [9.17, 15) is 0 Å². The molecule has 100 valence electrons. The van der Waals surface area contributed by atoms with Crippen LogP contribution in [-0.2, 0) is 6.54 Å². The molecule has 0 spiro atoms. The summed E-state index contributed by atoms with van der Waals surface area (Å²) in [4.78, 5) is 2.36. The Morgan fingerprint density at radius 2 is 2.21 bits per heavy atom. The van der Waals surface area contributed by atoms with Crippen molar-refractivity contribution in [3.63, 3.8) is 0 Å². The highest BCUT2D eigenvalue weighted by molar-refractivity contribution is 5.00. The predicted octanol–water partition coefficient (Wildman–Crippen LogP) is 1.59. The number of hydrogen-bond donors (Lipinski definition) is 0. The summed E-state index contributed by atoms with van der Waals surface area (Å²) in [5.41, 5.74) is 0. The van der Waals surface area contributed by atoms with Gasteiger partial charge in [0.2, 0.25) is 11.8 Å². The van der Waals surface area contributed by atoms with Crippen LogP contribution in [0.2, 0.25) is 0 Å². The first kappa shape index (κ1) is 11.2. The smallest absolute Gasteiger partial charge is 0.230 e. The normalized spacial score (nSPS) is 24.1. The number of likely N-dealkylation sites (tertiary alicyclic amines) is 1. The van der Waals surface area contributed by atoms with Crippen LogP contribution < -0.4 is 0 Å². The first-order valence-corrected chi connectivity index (χ1v) is 6.92. The van der Waals surface area contributed by atoms with E-state index in [1.807, 2.05) is 23.1 Å². The van der Waals surface area contributed by atoms with Gasteiger partial charge in [0.25, 0.3) is 0 Å². The van der Waals surface area contributed by atoms with Crippen LogP contribution in [-0.4, -0.2) is 38.0 Å². The quantitative estimate of drug-likeness (QED) is 0.834. The van der Waals surface area contributed by atoms with Crippen LogP contribution in [0.25, 0.3) is 0 Å². The summed E-state index contributed by atoms with van der Waals surface area (Å²) in [6.45, 7) is 2.83. The van der Waals surface area contributed by atoms with Gasteiger partial charge >= 0.3 is 0 Å². The number of rotatable bonds is 4. The van der Waals surface area contributed by atoms with Crippen molar-refractivity contribution in [2.75, 3.05) is 13.1 Å². The monoisotopic (exact) mass is 259 g/mol. The Morgan fingerprint density at radius 1 is 1.26 bits per heavy atom. The van der Waals surface area contributed by atoms with Gasteiger partial charge in [0.15, 0.2) is 0 Å². The molecular formula is C13H17N5O. The molecule has 2 aromatic rings. The van der Waals surface area contributed by atoms with Crippen molar-refractivity contribution in [2.24, 2.45) is 0 Å². The minimum Gasteiger partial charge on any atom is -0.424 e. The minimum atomic E-state index is 0.473. The van der Waals surface area contributed by atoms with Crippen LogP contribution in [0.5, 0.6) is 0 Å². The molecule has 19 heavy (non-hydrogen) atoms. The third-order valence-corrected chi connectivity index (χ3v) is 3.91. The summed E-state index contributed by atoms with van der Waals surface area (Å²) in [5.74, 6) is 2.12. The van der Waals surface area contributed by atoms with Gasteiger partial charge in [-0.05, 0) is 25.3 Å². The second-order valence-corrected chi connectivity index (χ2v) is 5.47. The summed E-state index contributed by atoms with van der Waals surface area (Å²) in [6, 6.07) is 2.45. The molecular weight excluding hydrogens is 242 g/mol. The molecule has 6 heteroatoms. The molecule has 2 aromatic heterocycles. The Balaban J connectivity index is 1.38. The van der Waals surface area contributed by atoms with Crippen LogP contribution in [0.15, 0.2) is 22.9 Å². The van der Waals surface area contributed by atoms with Crippen LogP contribution in [0, 0.1) is 0 Å².